The van der Waals surface area contributed by atoms with Gasteiger partial charge in [0, 0.05) is 8.95 Å². The van der Waals surface area contributed by atoms with Crippen LogP contribution in [0.15, 0.2) is 45.3 Å². The lowest BCUT2D eigenvalue weighted by atomic mass is 10.1. The zero-order valence-corrected chi connectivity index (χ0v) is 15.2. The molecule has 0 saturated carbocycles. The summed E-state index contributed by atoms with van der Waals surface area (Å²) in [4.78, 5) is 21.2. The number of hydrogen-bond acceptors (Lipinski definition) is 2. The van der Waals surface area contributed by atoms with Crippen molar-refractivity contribution in [2.75, 3.05) is 0 Å². The number of halogens is 2. The number of carboxylic acids is 1. The van der Waals surface area contributed by atoms with Crippen molar-refractivity contribution in [3.05, 3.63) is 67.6 Å². The Morgan fingerprint density at radius 2 is 1.32 bits per heavy atom. The molecule has 2 aromatic rings. The van der Waals surface area contributed by atoms with E-state index >= 15 is 0 Å². The molecule has 0 radical (unpaired) electrons. The van der Waals surface area contributed by atoms with E-state index in [1.807, 2.05) is 26.0 Å². The van der Waals surface area contributed by atoms with Crippen LogP contribution in [-0.2, 0) is 0 Å². The van der Waals surface area contributed by atoms with E-state index in [0.717, 1.165) is 15.6 Å². The van der Waals surface area contributed by atoms with Crippen LogP contribution in [0.3, 0.4) is 0 Å². The molecule has 0 aliphatic carbocycles. The van der Waals surface area contributed by atoms with Crippen LogP contribution in [0.2, 0.25) is 0 Å². The number of amides is 1. The number of hydrogen-bond donors (Lipinski definition) is 2. The van der Waals surface area contributed by atoms with E-state index in [0.29, 0.717) is 15.6 Å². The summed E-state index contributed by atoms with van der Waals surface area (Å²) in [5, 5.41) is 8.63. The van der Waals surface area contributed by atoms with Crippen molar-refractivity contribution in [2.24, 2.45) is 5.73 Å². The maximum atomic E-state index is 10.7. The Morgan fingerprint density at radius 3 is 1.64 bits per heavy atom. The highest BCUT2D eigenvalue weighted by Gasteiger charge is 2.06. The number of aromatic carboxylic acids is 1. The normalized spacial score (nSPS) is 9.64. The third-order valence-corrected chi connectivity index (χ3v) is 4.06. The number of aryl methyl sites for hydroxylation is 2. The lowest BCUT2D eigenvalue weighted by Gasteiger charge is -1.99. The van der Waals surface area contributed by atoms with E-state index < -0.39 is 11.9 Å². The Balaban J connectivity index is 0.000000220. The van der Waals surface area contributed by atoms with Crippen LogP contribution in [0, 0.1) is 13.8 Å². The second-order valence-corrected chi connectivity index (χ2v) is 6.34. The molecule has 2 aromatic carbocycles. The molecule has 0 spiro atoms. The molecule has 0 aromatic heterocycles. The quantitative estimate of drug-likeness (QED) is 0.747. The van der Waals surface area contributed by atoms with Crippen LogP contribution >= 0.6 is 31.9 Å². The first-order valence-electron chi connectivity index (χ1n) is 6.27. The maximum Gasteiger partial charge on any atom is 0.336 e. The van der Waals surface area contributed by atoms with Gasteiger partial charge in [0.2, 0.25) is 5.91 Å². The second-order valence-electron chi connectivity index (χ2n) is 4.64. The monoisotopic (exact) mass is 427 g/mol. The molecule has 0 bridgehead atoms. The summed E-state index contributed by atoms with van der Waals surface area (Å²) in [5.74, 6) is -1.31. The summed E-state index contributed by atoms with van der Waals surface area (Å²) in [6, 6.07) is 10.6. The maximum absolute atomic E-state index is 10.7. The molecule has 22 heavy (non-hydrogen) atoms. The Morgan fingerprint density at radius 1 is 0.909 bits per heavy atom. The summed E-state index contributed by atoms with van der Waals surface area (Å²) < 4.78 is 1.38. The highest BCUT2D eigenvalue weighted by molar-refractivity contribution is 9.10. The predicted molar refractivity (Wildman–Crippen MR) is 93.2 cm³/mol. The molecule has 0 unspecified atom stereocenters. The fourth-order valence-corrected chi connectivity index (χ4v) is 2.97. The molecular formula is C16H15Br2NO3. The minimum Gasteiger partial charge on any atom is -0.478 e. The first-order valence-corrected chi connectivity index (χ1v) is 7.86. The minimum atomic E-state index is -0.906. The third-order valence-electron chi connectivity index (χ3n) is 2.75. The average molecular weight is 429 g/mol. The zero-order chi connectivity index (χ0) is 16.9. The second kappa shape index (κ2) is 8.10. The molecular weight excluding hydrogens is 414 g/mol. The number of primary amides is 1. The fraction of sp³-hybridized carbons (Fsp3) is 0.125. The number of nitrogens with two attached hydrogens (primary N) is 1. The van der Waals surface area contributed by atoms with Gasteiger partial charge in [0.25, 0.3) is 0 Å². The van der Waals surface area contributed by atoms with Crippen molar-refractivity contribution in [1.29, 1.82) is 0 Å². The van der Waals surface area contributed by atoms with Gasteiger partial charge >= 0.3 is 5.97 Å². The van der Waals surface area contributed by atoms with Gasteiger partial charge < -0.3 is 10.8 Å². The molecule has 0 aliphatic heterocycles. The Hall–Kier alpha value is -1.66. The largest absolute Gasteiger partial charge is 0.478 e. The smallest absolute Gasteiger partial charge is 0.336 e. The highest BCUT2D eigenvalue weighted by Crippen LogP contribution is 2.18. The van der Waals surface area contributed by atoms with Crippen LogP contribution in [0.1, 0.15) is 31.8 Å². The number of carbonyl (C=O) groups is 2. The van der Waals surface area contributed by atoms with E-state index in [4.69, 9.17) is 10.8 Å². The molecule has 2 rings (SSSR count). The first kappa shape index (κ1) is 18.4. The van der Waals surface area contributed by atoms with Gasteiger partial charge in [-0.2, -0.15) is 0 Å². The molecule has 0 atom stereocenters. The Bertz CT molecular complexity index is 653. The Kier molecular flexibility index (Phi) is 6.77. The van der Waals surface area contributed by atoms with Gasteiger partial charge in [-0.05, 0) is 81.1 Å². The number of carbonyl (C=O) groups excluding carboxylic acids is 1. The van der Waals surface area contributed by atoms with Crippen LogP contribution in [0.4, 0.5) is 0 Å². The summed E-state index contributed by atoms with van der Waals surface area (Å²) in [6.07, 6.45) is 0. The number of carboxylic acid groups (broad SMARTS) is 1. The van der Waals surface area contributed by atoms with Crippen molar-refractivity contribution in [1.82, 2.24) is 0 Å². The van der Waals surface area contributed by atoms with Gasteiger partial charge in [-0.3, -0.25) is 4.79 Å². The summed E-state index contributed by atoms with van der Waals surface area (Å²) in [6.45, 7) is 3.87. The number of benzene rings is 2. The Labute approximate surface area is 145 Å². The van der Waals surface area contributed by atoms with Crippen molar-refractivity contribution >= 4 is 43.7 Å². The van der Waals surface area contributed by atoms with Crippen LogP contribution < -0.4 is 5.73 Å². The van der Waals surface area contributed by atoms with Gasteiger partial charge in [-0.15, -0.1) is 0 Å². The summed E-state index contributed by atoms with van der Waals surface area (Å²) >= 11 is 6.41. The SMILES string of the molecule is Cc1ccc(C(=O)O)c(Br)c1.Cc1ccc(C(N)=O)c(Br)c1. The van der Waals surface area contributed by atoms with Gasteiger partial charge in [0.15, 0.2) is 0 Å². The molecule has 0 fully saturated rings. The summed E-state index contributed by atoms with van der Waals surface area (Å²) in [5.41, 5.74) is 8.06. The van der Waals surface area contributed by atoms with Crippen LogP contribution in [-0.4, -0.2) is 17.0 Å². The molecule has 116 valence electrons. The van der Waals surface area contributed by atoms with E-state index in [1.165, 1.54) is 0 Å². The predicted octanol–water partition coefficient (Wildman–Crippen LogP) is 4.31. The molecule has 6 heteroatoms. The third kappa shape index (κ3) is 5.27. The topological polar surface area (TPSA) is 80.4 Å². The van der Waals surface area contributed by atoms with E-state index in [1.54, 1.807) is 24.3 Å². The number of rotatable bonds is 2. The molecule has 4 nitrogen and oxygen atoms in total. The van der Waals surface area contributed by atoms with Crippen LogP contribution in [0.25, 0.3) is 0 Å². The van der Waals surface area contributed by atoms with E-state index in [2.05, 4.69) is 31.9 Å². The van der Waals surface area contributed by atoms with Crippen molar-refractivity contribution in [3.63, 3.8) is 0 Å². The van der Waals surface area contributed by atoms with Gasteiger partial charge in [0.05, 0.1) is 11.1 Å². The molecule has 0 aliphatic rings. The molecule has 0 saturated heterocycles. The highest BCUT2D eigenvalue weighted by atomic mass is 79.9. The summed E-state index contributed by atoms with van der Waals surface area (Å²) in [7, 11) is 0. The van der Waals surface area contributed by atoms with Gasteiger partial charge in [-0.1, -0.05) is 12.1 Å². The van der Waals surface area contributed by atoms with E-state index in [-0.39, 0.29) is 0 Å². The minimum absolute atomic E-state index is 0.301. The molecule has 0 heterocycles. The van der Waals surface area contributed by atoms with Crippen molar-refractivity contribution in [2.45, 2.75) is 13.8 Å². The standard InChI is InChI=1S/C8H8BrNO.C8H7BrO2/c2*1-5-2-3-6(8(10)11)7(9)4-5/h2-4H,1H3,(H2,10,11);2-4H,1H3,(H,10,11). The van der Waals surface area contributed by atoms with Gasteiger partial charge in [-0.25, -0.2) is 4.79 Å². The average Bonchev–Trinajstić information content (AvgIpc) is 2.38. The van der Waals surface area contributed by atoms with Crippen molar-refractivity contribution in [3.8, 4) is 0 Å². The van der Waals surface area contributed by atoms with Crippen molar-refractivity contribution < 1.29 is 14.7 Å². The van der Waals surface area contributed by atoms with E-state index in [9.17, 15) is 9.59 Å². The van der Waals surface area contributed by atoms with Gasteiger partial charge in [0.1, 0.15) is 0 Å². The molecule has 3 N–H and O–H groups in total. The lowest BCUT2D eigenvalue weighted by Crippen LogP contribution is -2.11. The zero-order valence-electron chi connectivity index (χ0n) is 12.1. The van der Waals surface area contributed by atoms with Crippen LogP contribution in [0.5, 0.6) is 0 Å². The first-order chi connectivity index (χ1) is 10.2. The molecule has 1 amide bonds. The fourth-order valence-electron chi connectivity index (χ4n) is 1.61. The lowest BCUT2D eigenvalue weighted by molar-refractivity contribution is 0.0695.